The Kier molecular flexibility index (Phi) is 6.50. The molecule has 4 rings (SSSR count). The molecule has 2 aromatic rings. The quantitative estimate of drug-likeness (QED) is 0.767. The van der Waals surface area contributed by atoms with E-state index in [0.29, 0.717) is 50.0 Å². The van der Waals surface area contributed by atoms with Gasteiger partial charge in [-0.25, -0.2) is 0 Å². The molecule has 2 aliphatic rings. The van der Waals surface area contributed by atoms with Gasteiger partial charge in [0.15, 0.2) is 11.5 Å². The topological polar surface area (TPSA) is 80.3 Å². The first-order chi connectivity index (χ1) is 15.4. The highest BCUT2D eigenvalue weighted by Gasteiger charge is 2.32. The fourth-order valence-electron chi connectivity index (χ4n) is 3.97. The van der Waals surface area contributed by atoms with Crippen molar-refractivity contribution in [2.45, 2.75) is 25.6 Å². The molecule has 2 aliphatic heterocycles. The number of carbonyl (C=O) groups is 2. The summed E-state index contributed by atoms with van der Waals surface area (Å²) in [7, 11) is 3.93. The average molecular weight is 440 g/mol. The number of likely N-dealkylation sites (N-methyl/N-ethyl adjacent to an activating group) is 1. The highest BCUT2D eigenvalue weighted by atomic mass is 16.6. The van der Waals surface area contributed by atoms with Gasteiger partial charge in [0.1, 0.15) is 31.6 Å². The minimum absolute atomic E-state index is 0.140. The van der Waals surface area contributed by atoms with Gasteiger partial charge in [-0.1, -0.05) is 18.2 Å². The van der Waals surface area contributed by atoms with E-state index < -0.39 is 6.04 Å². The Balaban J connectivity index is 1.49. The van der Waals surface area contributed by atoms with Gasteiger partial charge in [-0.2, -0.15) is 0 Å². The van der Waals surface area contributed by atoms with Crippen LogP contribution in [0, 0.1) is 0 Å². The Morgan fingerprint density at radius 2 is 1.81 bits per heavy atom. The summed E-state index contributed by atoms with van der Waals surface area (Å²) >= 11 is 0. The van der Waals surface area contributed by atoms with Crippen molar-refractivity contribution in [1.82, 2.24) is 15.1 Å². The van der Waals surface area contributed by atoms with E-state index in [0.717, 1.165) is 11.3 Å². The van der Waals surface area contributed by atoms with E-state index in [1.165, 1.54) is 0 Å². The molecule has 0 saturated heterocycles. The molecular formula is C24H29N3O5. The van der Waals surface area contributed by atoms with Crippen LogP contribution in [0.3, 0.4) is 0 Å². The summed E-state index contributed by atoms with van der Waals surface area (Å²) in [5, 5.41) is 2.84. The molecule has 2 unspecified atom stereocenters. The van der Waals surface area contributed by atoms with E-state index in [4.69, 9.17) is 14.2 Å². The Hall–Kier alpha value is -3.26. The van der Waals surface area contributed by atoms with Gasteiger partial charge in [0.25, 0.3) is 5.91 Å². The maximum Gasteiger partial charge on any atom is 0.252 e. The van der Waals surface area contributed by atoms with Crippen molar-refractivity contribution < 1.29 is 23.8 Å². The van der Waals surface area contributed by atoms with Crippen molar-refractivity contribution in [1.29, 1.82) is 0 Å². The molecular weight excluding hydrogens is 410 g/mol. The minimum Gasteiger partial charge on any atom is -0.491 e. The molecule has 8 nitrogen and oxygen atoms in total. The monoisotopic (exact) mass is 439 g/mol. The second kappa shape index (κ2) is 9.48. The number of amides is 2. The number of rotatable bonds is 5. The fraction of sp³-hybridized carbons (Fsp3) is 0.417. The molecule has 0 fully saturated rings. The first-order valence-corrected chi connectivity index (χ1v) is 10.8. The zero-order valence-electron chi connectivity index (χ0n) is 18.7. The number of para-hydroxylation sites is 1. The van der Waals surface area contributed by atoms with Crippen LogP contribution in [0.25, 0.3) is 0 Å². The van der Waals surface area contributed by atoms with Crippen molar-refractivity contribution in [3.63, 3.8) is 0 Å². The molecule has 0 saturated carbocycles. The smallest absolute Gasteiger partial charge is 0.252 e. The van der Waals surface area contributed by atoms with Crippen LogP contribution < -0.4 is 19.5 Å². The van der Waals surface area contributed by atoms with Gasteiger partial charge in [-0.3, -0.25) is 9.59 Å². The number of nitrogens with zero attached hydrogens (tertiary/aromatic N) is 2. The normalized spacial score (nSPS) is 18.2. The molecule has 2 aromatic carbocycles. The zero-order chi connectivity index (χ0) is 22.7. The molecule has 2 heterocycles. The maximum atomic E-state index is 13.4. The summed E-state index contributed by atoms with van der Waals surface area (Å²) in [5.74, 6) is 1.46. The van der Waals surface area contributed by atoms with Gasteiger partial charge in [0.2, 0.25) is 5.91 Å². The highest BCUT2D eigenvalue weighted by molar-refractivity contribution is 5.98. The third kappa shape index (κ3) is 4.80. The van der Waals surface area contributed by atoms with Gasteiger partial charge in [0.05, 0.1) is 6.04 Å². The van der Waals surface area contributed by atoms with Crippen LogP contribution in [0.15, 0.2) is 42.5 Å². The predicted octanol–water partition coefficient (Wildman–Crippen LogP) is 1.93. The molecule has 0 aliphatic carbocycles. The molecule has 170 valence electrons. The van der Waals surface area contributed by atoms with Crippen LogP contribution in [0.1, 0.15) is 22.8 Å². The van der Waals surface area contributed by atoms with Crippen molar-refractivity contribution >= 4 is 11.8 Å². The molecule has 0 spiro atoms. The van der Waals surface area contributed by atoms with Crippen molar-refractivity contribution in [3.8, 4) is 17.2 Å². The maximum absolute atomic E-state index is 13.4. The number of hydrogen-bond donors (Lipinski definition) is 1. The zero-order valence-corrected chi connectivity index (χ0v) is 18.7. The van der Waals surface area contributed by atoms with E-state index in [1.807, 2.05) is 43.3 Å². The first kappa shape index (κ1) is 22.0. The lowest BCUT2D eigenvalue weighted by molar-refractivity contribution is -0.136. The van der Waals surface area contributed by atoms with Crippen molar-refractivity contribution in [3.05, 3.63) is 53.6 Å². The van der Waals surface area contributed by atoms with Gasteiger partial charge in [0, 0.05) is 24.2 Å². The summed E-state index contributed by atoms with van der Waals surface area (Å²) in [5.41, 5.74) is 1.37. The lowest BCUT2D eigenvalue weighted by Crippen LogP contribution is -2.53. The van der Waals surface area contributed by atoms with Gasteiger partial charge in [-0.15, -0.1) is 0 Å². The number of ether oxygens (including phenoxy) is 3. The molecule has 0 bridgehead atoms. The number of fused-ring (bicyclic) bond motifs is 2. The standard InChI is InChI=1S/C24H29N3O5/c1-16(25-23(28)17-8-9-21-22(12-17)31-11-10-30-21)24(29)27-13-18-6-4-5-7-20(18)32-15-19(27)14-26(2)3/h4-9,12,16,19H,10-11,13-15H2,1-3H3,(H,25,28). The van der Waals surface area contributed by atoms with Gasteiger partial charge < -0.3 is 29.3 Å². The summed E-state index contributed by atoms with van der Waals surface area (Å²) in [6, 6.07) is 11.9. The molecule has 32 heavy (non-hydrogen) atoms. The largest absolute Gasteiger partial charge is 0.491 e. The summed E-state index contributed by atoms with van der Waals surface area (Å²) < 4.78 is 17.1. The average Bonchev–Trinajstić information content (AvgIpc) is 2.97. The molecule has 1 N–H and O–H groups in total. The van der Waals surface area contributed by atoms with Gasteiger partial charge >= 0.3 is 0 Å². The van der Waals surface area contributed by atoms with E-state index >= 15 is 0 Å². The number of hydrogen-bond acceptors (Lipinski definition) is 6. The SMILES string of the molecule is CC(NC(=O)c1ccc2c(c1)OCCO2)C(=O)N1Cc2ccccc2OCC1CN(C)C. The van der Waals surface area contributed by atoms with Crippen molar-refractivity contribution in [2.75, 3.05) is 40.5 Å². The summed E-state index contributed by atoms with van der Waals surface area (Å²) in [6.07, 6.45) is 0. The van der Waals surface area contributed by atoms with Crippen LogP contribution in [0.5, 0.6) is 17.2 Å². The van der Waals surface area contributed by atoms with Crippen LogP contribution in [-0.4, -0.2) is 74.2 Å². The Bertz CT molecular complexity index is 993. The first-order valence-electron chi connectivity index (χ1n) is 10.8. The van der Waals surface area contributed by atoms with E-state index in [1.54, 1.807) is 30.0 Å². The minimum atomic E-state index is -0.703. The van der Waals surface area contributed by atoms with Crippen LogP contribution in [-0.2, 0) is 11.3 Å². The fourth-order valence-corrected chi connectivity index (χ4v) is 3.97. The number of benzene rings is 2. The Morgan fingerprint density at radius 3 is 2.59 bits per heavy atom. The van der Waals surface area contributed by atoms with E-state index in [2.05, 4.69) is 5.32 Å². The molecule has 2 atom stereocenters. The van der Waals surface area contributed by atoms with Crippen molar-refractivity contribution in [2.24, 2.45) is 0 Å². The second-order valence-electron chi connectivity index (χ2n) is 8.35. The van der Waals surface area contributed by atoms with Gasteiger partial charge in [-0.05, 0) is 45.3 Å². The van der Waals surface area contributed by atoms with Crippen LogP contribution in [0.2, 0.25) is 0 Å². The third-order valence-corrected chi connectivity index (χ3v) is 5.57. The summed E-state index contributed by atoms with van der Waals surface area (Å²) in [6.45, 7) is 4.12. The second-order valence-corrected chi connectivity index (χ2v) is 8.35. The molecule has 0 aromatic heterocycles. The molecule has 2 amide bonds. The van der Waals surface area contributed by atoms with E-state index in [-0.39, 0.29) is 17.9 Å². The number of carbonyl (C=O) groups excluding carboxylic acids is 2. The lowest BCUT2D eigenvalue weighted by atomic mass is 10.1. The highest BCUT2D eigenvalue weighted by Crippen LogP contribution is 2.31. The Morgan fingerprint density at radius 1 is 1.06 bits per heavy atom. The molecule has 0 radical (unpaired) electrons. The third-order valence-electron chi connectivity index (χ3n) is 5.57. The number of nitrogens with one attached hydrogen (secondary N) is 1. The summed E-state index contributed by atoms with van der Waals surface area (Å²) in [4.78, 5) is 30.1. The van der Waals surface area contributed by atoms with Crippen LogP contribution in [0.4, 0.5) is 0 Å². The lowest BCUT2D eigenvalue weighted by Gasteiger charge is -2.33. The predicted molar refractivity (Wildman–Crippen MR) is 119 cm³/mol. The van der Waals surface area contributed by atoms with E-state index in [9.17, 15) is 9.59 Å². The Labute approximate surface area is 188 Å². The van der Waals surface area contributed by atoms with Crippen LogP contribution >= 0.6 is 0 Å². The molecule has 8 heteroatoms.